The van der Waals surface area contributed by atoms with Crippen molar-refractivity contribution >= 4 is 29.7 Å². The number of phenolic OH excluding ortho intramolecular Hbond substituents is 1. The van der Waals surface area contributed by atoms with Gasteiger partial charge in [0.15, 0.2) is 0 Å². The van der Waals surface area contributed by atoms with E-state index in [-0.39, 0.29) is 24.5 Å². The van der Waals surface area contributed by atoms with Crippen molar-refractivity contribution in [1.29, 1.82) is 0 Å². The van der Waals surface area contributed by atoms with Crippen LogP contribution in [0.25, 0.3) is 0 Å². The number of carbonyl (C=O) groups excluding carboxylic acids is 3. The summed E-state index contributed by atoms with van der Waals surface area (Å²) in [4.78, 5) is 60.5. The van der Waals surface area contributed by atoms with Gasteiger partial charge < -0.3 is 42.1 Å². The van der Waals surface area contributed by atoms with Gasteiger partial charge in [-0.3, -0.25) is 19.2 Å². The summed E-state index contributed by atoms with van der Waals surface area (Å²) in [6.07, 6.45) is -2.10. The van der Waals surface area contributed by atoms with Gasteiger partial charge in [-0.15, -0.1) is 0 Å². The summed E-state index contributed by atoms with van der Waals surface area (Å²) in [6.45, 7) is 4.76. The molecule has 5 atom stereocenters. The largest absolute Gasteiger partial charge is 0.508 e. The predicted octanol–water partition coefficient (Wildman–Crippen LogP) is -1.30. The van der Waals surface area contributed by atoms with Crippen LogP contribution in [-0.4, -0.2) is 80.4 Å². The number of rotatable bonds is 14. The van der Waals surface area contributed by atoms with Gasteiger partial charge in [-0.05, 0) is 37.0 Å². The minimum Gasteiger partial charge on any atom is -0.508 e. The summed E-state index contributed by atoms with van der Waals surface area (Å²) in [5, 5.41) is 44.8. The highest BCUT2D eigenvalue weighted by Crippen LogP contribution is 2.12. The number of benzene rings is 1. The van der Waals surface area contributed by atoms with Crippen molar-refractivity contribution < 1.29 is 44.4 Å². The minimum absolute atomic E-state index is 0.0153. The lowest BCUT2D eigenvalue weighted by atomic mass is 10.0. The lowest BCUT2D eigenvalue weighted by molar-refractivity contribution is -0.143. The van der Waals surface area contributed by atoms with E-state index in [4.69, 9.17) is 10.8 Å². The monoisotopic (exact) mass is 510 g/mol. The molecule has 0 aliphatic heterocycles. The molecule has 3 amide bonds. The summed E-state index contributed by atoms with van der Waals surface area (Å²) in [7, 11) is 0. The number of hydrogen-bond acceptors (Lipinski definition) is 8. The number of aliphatic hydroxyl groups is 1. The van der Waals surface area contributed by atoms with Crippen molar-refractivity contribution in [3.63, 3.8) is 0 Å². The molecule has 0 heterocycles. The molecule has 200 valence electrons. The number of aliphatic carboxylic acids is 2. The number of nitrogens with two attached hydrogens (primary N) is 1. The lowest BCUT2D eigenvalue weighted by Crippen LogP contribution is -2.60. The molecule has 36 heavy (non-hydrogen) atoms. The molecule has 0 saturated heterocycles. The summed E-state index contributed by atoms with van der Waals surface area (Å²) in [5.41, 5.74) is 6.06. The molecule has 13 nitrogen and oxygen atoms in total. The van der Waals surface area contributed by atoms with Gasteiger partial charge in [0.2, 0.25) is 17.7 Å². The van der Waals surface area contributed by atoms with Gasteiger partial charge in [0.25, 0.3) is 0 Å². The van der Waals surface area contributed by atoms with Crippen LogP contribution >= 0.6 is 0 Å². The number of aliphatic hydroxyl groups excluding tert-OH is 1. The van der Waals surface area contributed by atoms with Gasteiger partial charge in [-0.1, -0.05) is 26.0 Å². The average molecular weight is 511 g/mol. The van der Waals surface area contributed by atoms with Gasteiger partial charge >= 0.3 is 11.9 Å². The number of phenols is 1. The van der Waals surface area contributed by atoms with Crippen LogP contribution < -0.4 is 21.7 Å². The third kappa shape index (κ3) is 10.3. The standard InChI is InChI=1S/C23H34N4O9/c1-11(2)8-16(25-20(32)15(24)10-18(30)31)21(33)27-19(12(3)28)22(34)26-17(23(35)36)9-13-4-6-14(29)7-5-13/h4-7,11-12,15-17,19,28-29H,8-10,24H2,1-3H3,(H,25,32)(H,26,34)(H,27,33)(H,30,31)(H,35,36). The second kappa shape index (κ2) is 14.0. The quantitative estimate of drug-likeness (QED) is 0.147. The van der Waals surface area contributed by atoms with Crippen molar-refractivity contribution in [3.05, 3.63) is 29.8 Å². The predicted molar refractivity (Wildman–Crippen MR) is 127 cm³/mol. The second-order valence-corrected chi connectivity index (χ2v) is 8.89. The molecular formula is C23H34N4O9. The van der Waals surface area contributed by atoms with E-state index < -0.39 is 66.4 Å². The molecule has 0 radical (unpaired) electrons. The van der Waals surface area contributed by atoms with Crippen molar-refractivity contribution in [3.8, 4) is 5.75 Å². The normalized spacial score (nSPS) is 15.2. The van der Waals surface area contributed by atoms with Gasteiger partial charge in [0.05, 0.1) is 18.6 Å². The van der Waals surface area contributed by atoms with Crippen molar-refractivity contribution in [2.24, 2.45) is 11.7 Å². The first-order valence-electron chi connectivity index (χ1n) is 11.3. The Morgan fingerprint density at radius 3 is 1.89 bits per heavy atom. The summed E-state index contributed by atoms with van der Waals surface area (Å²) < 4.78 is 0. The summed E-state index contributed by atoms with van der Waals surface area (Å²) in [5.74, 6) is -5.46. The number of nitrogens with one attached hydrogen (secondary N) is 3. The first-order valence-corrected chi connectivity index (χ1v) is 11.3. The molecule has 0 bridgehead atoms. The molecule has 1 rings (SSSR count). The van der Waals surface area contributed by atoms with Crippen LogP contribution in [0.15, 0.2) is 24.3 Å². The number of carboxylic acid groups (broad SMARTS) is 2. The Hall–Kier alpha value is -3.71. The van der Waals surface area contributed by atoms with E-state index >= 15 is 0 Å². The highest BCUT2D eigenvalue weighted by atomic mass is 16.4. The van der Waals surface area contributed by atoms with E-state index in [0.29, 0.717) is 5.56 Å². The molecule has 0 spiro atoms. The molecule has 0 fully saturated rings. The van der Waals surface area contributed by atoms with Gasteiger partial charge in [-0.2, -0.15) is 0 Å². The lowest BCUT2D eigenvalue weighted by Gasteiger charge is -2.27. The van der Waals surface area contributed by atoms with Crippen LogP contribution in [0.1, 0.15) is 39.2 Å². The zero-order valence-corrected chi connectivity index (χ0v) is 20.3. The van der Waals surface area contributed by atoms with Crippen molar-refractivity contribution in [2.45, 2.75) is 70.3 Å². The number of carboxylic acids is 2. The summed E-state index contributed by atoms with van der Waals surface area (Å²) in [6, 6.07) is 0.134. The zero-order valence-electron chi connectivity index (χ0n) is 20.3. The molecule has 1 aromatic carbocycles. The Kier molecular flexibility index (Phi) is 11.8. The first-order chi connectivity index (χ1) is 16.7. The third-order valence-electron chi connectivity index (χ3n) is 5.12. The van der Waals surface area contributed by atoms with Gasteiger partial charge in [0.1, 0.15) is 23.9 Å². The maximum Gasteiger partial charge on any atom is 0.326 e. The van der Waals surface area contributed by atoms with E-state index in [1.54, 1.807) is 13.8 Å². The number of hydrogen-bond donors (Lipinski definition) is 8. The fourth-order valence-corrected chi connectivity index (χ4v) is 3.25. The molecule has 13 heteroatoms. The molecular weight excluding hydrogens is 476 g/mol. The van der Waals surface area contributed by atoms with E-state index in [9.17, 15) is 39.3 Å². The zero-order chi connectivity index (χ0) is 27.6. The Labute approximate surface area is 208 Å². The average Bonchev–Trinajstić information content (AvgIpc) is 2.76. The fraction of sp³-hybridized carbons (Fsp3) is 0.522. The van der Waals surface area contributed by atoms with Crippen molar-refractivity contribution in [2.75, 3.05) is 0 Å². The van der Waals surface area contributed by atoms with E-state index in [0.717, 1.165) is 0 Å². The molecule has 0 aromatic heterocycles. The number of aromatic hydroxyl groups is 1. The van der Waals surface area contributed by atoms with Crippen LogP contribution in [0.4, 0.5) is 0 Å². The van der Waals surface area contributed by atoms with Crippen LogP contribution in [0.3, 0.4) is 0 Å². The highest BCUT2D eigenvalue weighted by molar-refractivity contribution is 5.95. The molecule has 9 N–H and O–H groups in total. The van der Waals surface area contributed by atoms with Crippen LogP contribution in [-0.2, 0) is 30.4 Å². The smallest absolute Gasteiger partial charge is 0.326 e. The summed E-state index contributed by atoms with van der Waals surface area (Å²) >= 11 is 0. The molecule has 0 aliphatic carbocycles. The van der Waals surface area contributed by atoms with Crippen LogP contribution in [0, 0.1) is 5.92 Å². The molecule has 5 unspecified atom stereocenters. The van der Waals surface area contributed by atoms with E-state index in [2.05, 4.69) is 16.0 Å². The maximum absolute atomic E-state index is 12.9. The maximum atomic E-state index is 12.9. The second-order valence-electron chi connectivity index (χ2n) is 8.89. The topological polar surface area (TPSA) is 228 Å². The van der Waals surface area contributed by atoms with Crippen LogP contribution in [0.5, 0.6) is 5.75 Å². The fourth-order valence-electron chi connectivity index (χ4n) is 3.25. The van der Waals surface area contributed by atoms with Gasteiger partial charge in [-0.25, -0.2) is 4.79 Å². The van der Waals surface area contributed by atoms with Crippen molar-refractivity contribution in [1.82, 2.24) is 16.0 Å². The molecule has 0 aliphatic rings. The molecule has 1 aromatic rings. The Bertz CT molecular complexity index is 934. The van der Waals surface area contributed by atoms with E-state index in [1.165, 1.54) is 31.2 Å². The minimum atomic E-state index is -1.56. The SMILES string of the molecule is CC(C)CC(NC(=O)C(N)CC(=O)O)C(=O)NC(C(=O)NC(Cc1ccc(O)cc1)C(=O)O)C(C)O. The third-order valence-corrected chi connectivity index (χ3v) is 5.12. The Balaban J connectivity index is 2.97. The number of carbonyl (C=O) groups is 5. The van der Waals surface area contributed by atoms with Gasteiger partial charge in [0, 0.05) is 6.42 Å². The van der Waals surface area contributed by atoms with Crippen LogP contribution in [0.2, 0.25) is 0 Å². The first kappa shape index (κ1) is 30.3. The number of amides is 3. The Morgan fingerprint density at radius 1 is 0.861 bits per heavy atom. The molecule has 0 saturated carbocycles. The highest BCUT2D eigenvalue weighted by Gasteiger charge is 2.33. The Morgan fingerprint density at radius 2 is 1.42 bits per heavy atom. The van der Waals surface area contributed by atoms with E-state index in [1.807, 2.05) is 0 Å².